The fourth-order valence-electron chi connectivity index (χ4n) is 5.00. The lowest BCUT2D eigenvalue weighted by Crippen LogP contribution is -2.46. The maximum absolute atomic E-state index is 13.3. The zero-order chi connectivity index (χ0) is 29.1. The van der Waals surface area contributed by atoms with Gasteiger partial charge in [0.2, 0.25) is 0 Å². The molecule has 2 aliphatic heterocycles. The van der Waals surface area contributed by atoms with Gasteiger partial charge in [-0.1, -0.05) is 10.2 Å². The topological polar surface area (TPSA) is 244 Å². The van der Waals surface area contributed by atoms with E-state index in [1.807, 2.05) is 0 Å². The van der Waals surface area contributed by atoms with Crippen LogP contribution in [0.1, 0.15) is 36.4 Å². The van der Waals surface area contributed by atoms with E-state index < -0.39 is 72.5 Å². The van der Waals surface area contributed by atoms with Crippen molar-refractivity contribution in [3.8, 4) is 0 Å². The smallest absolute Gasteiger partial charge is 0.333 e. The summed E-state index contributed by atoms with van der Waals surface area (Å²) in [6, 6.07) is -1.45. The lowest BCUT2D eigenvalue weighted by atomic mass is 10.1. The molecule has 2 N–H and O–H groups in total. The monoisotopic (exact) mass is 560 g/mol. The van der Waals surface area contributed by atoms with Crippen molar-refractivity contribution in [1.82, 2.24) is 18.3 Å². The van der Waals surface area contributed by atoms with E-state index in [0.29, 0.717) is 0 Å². The van der Waals surface area contributed by atoms with Crippen molar-refractivity contribution < 1.29 is 19.7 Å². The third kappa shape index (κ3) is 5.31. The Bertz CT molecular complexity index is 1490. The summed E-state index contributed by atoms with van der Waals surface area (Å²) in [6.07, 6.45) is -0.734. The average Bonchev–Trinajstić information content (AvgIpc) is 3.54. The van der Waals surface area contributed by atoms with E-state index >= 15 is 0 Å². The van der Waals surface area contributed by atoms with Crippen LogP contribution in [0.3, 0.4) is 0 Å². The van der Waals surface area contributed by atoms with Gasteiger partial charge in [-0.25, -0.2) is 9.59 Å². The fourth-order valence-corrected chi connectivity index (χ4v) is 5.00. The van der Waals surface area contributed by atoms with Crippen LogP contribution in [0, 0.1) is 13.8 Å². The summed E-state index contributed by atoms with van der Waals surface area (Å²) < 4.78 is 15.4. The van der Waals surface area contributed by atoms with Crippen LogP contribution in [0.5, 0.6) is 0 Å². The molecule has 2 aromatic heterocycles. The number of rotatable bonds is 9. The summed E-state index contributed by atoms with van der Waals surface area (Å²) in [4.78, 5) is 57.9. The minimum absolute atomic E-state index is 0.0853. The lowest BCUT2D eigenvalue weighted by Gasteiger charge is -2.19. The third-order valence-corrected chi connectivity index (χ3v) is 7.07. The highest BCUT2D eigenvalue weighted by molar-refractivity contribution is 5.06. The summed E-state index contributed by atoms with van der Waals surface area (Å²) in [6.45, 7) is 1.42. The predicted octanol–water partition coefficient (Wildman–Crippen LogP) is -0.432. The second-order valence-corrected chi connectivity index (χ2v) is 9.56. The number of aliphatic hydroxyl groups excluding tert-OH is 2. The molecule has 2 aliphatic rings. The number of nitrogens with zero attached hydrogens (tertiary/aromatic N) is 10. The van der Waals surface area contributed by atoms with Crippen LogP contribution in [0.25, 0.3) is 20.9 Å². The van der Waals surface area contributed by atoms with E-state index in [9.17, 15) is 29.4 Å². The number of hydrogen-bond donors (Lipinski definition) is 2. The molecule has 214 valence electrons. The first-order chi connectivity index (χ1) is 19.1. The highest BCUT2D eigenvalue weighted by atomic mass is 16.5. The Morgan fingerprint density at radius 1 is 0.800 bits per heavy atom. The zero-order valence-corrected chi connectivity index (χ0v) is 21.7. The summed E-state index contributed by atoms with van der Waals surface area (Å²) in [5.74, 6) is 0. The van der Waals surface area contributed by atoms with Gasteiger partial charge in [-0.15, -0.1) is 0 Å². The van der Waals surface area contributed by atoms with Crippen LogP contribution in [-0.4, -0.2) is 66.0 Å². The molecular weight excluding hydrogens is 532 g/mol. The van der Waals surface area contributed by atoms with E-state index in [1.54, 1.807) is 0 Å². The Hall–Kier alpha value is -4.18. The van der Waals surface area contributed by atoms with E-state index in [1.165, 1.54) is 26.2 Å². The van der Waals surface area contributed by atoms with Gasteiger partial charge in [-0.05, 0) is 24.9 Å². The first kappa shape index (κ1) is 28.8. The Balaban J connectivity index is 1.66. The van der Waals surface area contributed by atoms with Crippen molar-refractivity contribution in [2.24, 2.45) is 10.2 Å². The first-order valence-corrected chi connectivity index (χ1v) is 12.4. The molecule has 0 aromatic carbocycles. The lowest BCUT2D eigenvalue weighted by molar-refractivity contribution is -0.0281. The quantitative estimate of drug-likeness (QED) is 0.231. The molecule has 0 spiro atoms. The Labute approximate surface area is 224 Å². The number of ether oxygens (including phenoxy) is 2. The van der Waals surface area contributed by atoms with Gasteiger partial charge in [0.25, 0.3) is 11.1 Å². The molecule has 0 radical (unpaired) electrons. The van der Waals surface area contributed by atoms with Gasteiger partial charge >= 0.3 is 11.4 Å². The van der Waals surface area contributed by atoms with Crippen molar-refractivity contribution in [3.05, 3.63) is 86.1 Å². The standard InChI is InChI=1S/C22H28N10O8/c1-11-7-31(17-5-13(25-27-23)15(9-33)39-17)21(37)29(19(11)35)3-4-30-20(36)12(2)8-32(22(30)38)18-6-14(26-28-24)16(10-34)40-18/h7-8,13-18,33-34H,3-6,9-10H2,1-2H3. The van der Waals surface area contributed by atoms with Crippen molar-refractivity contribution >= 4 is 0 Å². The number of aromatic nitrogens is 4. The summed E-state index contributed by atoms with van der Waals surface area (Å²) in [5, 5.41) is 26.3. The molecule has 2 saturated heterocycles. The molecule has 18 heteroatoms. The highest BCUT2D eigenvalue weighted by Gasteiger charge is 2.37. The van der Waals surface area contributed by atoms with Gasteiger partial charge in [-0.2, -0.15) is 0 Å². The fraction of sp³-hybridized carbons (Fsp3) is 0.636. The van der Waals surface area contributed by atoms with Crippen LogP contribution in [-0.2, 0) is 22.6 Å². The normalized spacial score (nSPS) is 25.9. The van der Waals surface area contributed by atoms with E-state index in [-0.39, 0.29) is 37.1 Å². The zero-order valence-electron chi connectivity index (χ0n) is 21.7. The largest absolute Gasteiger partial charge is 0.394 e. The minimum Gasteiger partial charge on any atom is -0.394 e. The summed E-state index contributed by atoms with van der Waals surface area (Å²) in [7, 11) is 0. The molecule has 6 atom stereocenters. The highest BCUT2D eigenvalue weighted by Crippen LogP contribution is 2.31. The number of azide groups is 2. The molecule has 40 heavy (non-hydrogen) atoms. The van der Waals surface area contributed by atoms with Crippen molar-refractivity contribution in [2.75, 3.05) is 13.2 Å². The number of aryl methyl sites for hydroxylation is 2. The van der Waals surface area contributed by atoms with E-state index in [4.69, 9.17) is 20.5 Å². The molecule has 0 saturated carbocycles. The van der Waals surface area contributed by atoms with Gasteiger partial charge < -0.3 is 19.7 Å². The van der Waals surface area contributed by atoms with Crippen LogP contribution in [0.2, 0.25) is 0 Å². The number of aliphatic hydroxyl groups is 2. The van der Waals surface area contributed by atoms with Crippen molar-refractivity contribution in [3.63, 3.8) is 0 Å². The number of hydrogen-bond acceptors (Lipinski definition) is 10. The second kappa shape index (κ2) is 11.9. The van der Waals surface area contributed by atoms with Gasteiger partial charge in [0.15, 0.2) is 0 Å². The van der Waals surface area contributed by atoms with Crippen molar-refractivity contribution in [1.29, 1.82) is 0 Å². The molecule has 0 bridgehead atoms. The van der Waals surface area contributed by atoms with E-state index in [2.05, 4.69) is 20.1 Å². The molecule has 2 fully saturated rings. The molecule has 4 rings (SSSR count). The summed E-state index contributed by atoms with van der Waals surface area (Å²) in [5.41, 5.74) is 15.1. The van der Waals surface area contributed by atoms with E-state index in [0.717, 1.165) is 18.3 Å². The van der Waals surface area contributed by atoms with Crippen LogP contribution in [0.15, 0.2) is 41.8 Å². The van der Waals surface area contributed by atoms with Crippen LogP contribution >= 0.6 is 0 Å². The first-order valence-electron chi connectivity index (χ1n) is 12.4. The van der Waals surface area contributed by atoms with Crippen molar-refractivity contribution in [2.45, 2.75) is 76.5 Å². The van der Waals surface area contributed by atoms with Crippen LogP contribution in [0.4, 0.5) is 0 Å². The molecule has 2 aromatic rings. The predicted molar refractivity (Wildman–Crippen MR) is 136 cm³/mol. The summed E-state index contributed by atoms with van der Waals surface area (Å²) >= 11 is 0. The maximum atomic E-state index is 13.3. The Morgan fingerprint density at radius 2 is 1.18 bits per heavy atom. The Morgan fingerprint density at radius 3 is 1.50 bits per heavy atom. The SMILES string of the molecule is Cc1cn(C2CC(N=[N+]=[N-])C(CO)O2)c(=O)n(CCn2c(=O)c(C)cn(C3CC(N=[N+]=[N-])C(CO)O3)c2=O)c1=O. The van der Waals surface area contributed by atoms with Gasteiger partial charge in [0.05, 0.1) is 37.5 Å². The third-order valence-electron chi connectivity index (χ3n) is 7.07. The molecule has 4 heterocycles. The molecule has 0 amide bonds. The van der Waals surface area contributed by atoms with Crippen LogP contribution < -0.4 is 22.5 Å². The average molecular weight is 561 g/mol. The molecule has 18 nitrogen and oxygen atoms in total. The second-order valence-electron chi connectivity index (χ2n) is 9.56. The molecule has 0 aliphatic carbocycles. The minimum atomic E-state index is -0.923. The Kier molecular flexibility index (Phi) is 8.58. The van der Waals surface area contributed by atoms with Gasteiger partial charge in [-0.3, -0.25) is 27.9 Å². The maximum Gasteiger partial charge on any atom is 0.333 e. The molecular formula is C22H28N10O8. The van der Waals surface area contributed by atoms with Gasteiger partial charge in [0, 0.05) is 59.3 Å². The molecule has 6 unspecified atom stereocenters. The van der Waals surface area contributed by atoms with Gasteiger partial charge in [0.1, 0.15) is 12.5 Å².